The number of pyridine rings is 1. The van der Waals surface area contributed by atoms with Gasteiger partial charge in [0.2, 0.25) is 0 Å². The zero-order valence-electron chi connectivity index (χ0n) is 18.5. The van der Waals surface area contributed by atoms with Crippen LogP contribution in [0.1, 0.15) is 45.7 Å². The van der Waals surface area contributed by atoms with Gasteiger partial charge in [-0.1, -0.05) is 30.3 Å². The van der Waals surface area contributed by atoms with E-state index in [1.807, 2.05) is 54.9 Å². The van der Waals surface area contributed by atoms with Crippen LogP contribution in [0.4, 0.5) is 0 Å². The number of carbonyl (C=O) groups is 1. The molecule has 4 rings (SSSR count). The topological polar surface area (TPSA) is 68.9 Å². The first-order valence-corrected chi connectivity index (χ1v) is 10.9. The van der Waals surface area contributed by atoms with Crippen molar-refractivity contribution < 1.29 is 4.79 Å². The summed E-state index contributed by atoms with van der Waals surface area (Å²) in [7, 11) is 0. The second-order valence-corrected chi connectivity index (χ2v) is 8.88. The molecule has 1 N–H and O–H groups in total. The Balaban J connectivity index is 1.43. The van der Waals surface area contributed by atoms with Crippen LogP contribution in [0.3, 0.4) is 0 Å². The molecule has 31 heavy (non-hydrogen) atoms. The molecule has 1 aliphatic carbocycles. The lowest BCUT2D eigenvalue weighted by atomic mass is 10.1. The first kappa shape index (κ1) is 21.1. The third kappa shape index (κ3) is 4.79. The smallest absolute Gasteiger partial charge is 0.263 e. The maximum atomic E-state index is 13.0. The fraction of sp³-hybridized carbons (Fsp3) is 0.400. The van der Waals surface area contributed by atoms with Crippen LogP contribution >= 0.6 is 0 Å². The summed E-state index contributed by atoms with van der Waals surface area (Å²) in [5.41, 5.74) is 4.08. The number of carbonyl (C=O) groups excluding carboxylic acids is 1. The molecule has 1 aromatic carbocycles. The van der Waals surface area contributed by atoms with E-state index in [1.165, 1.54) is 5.56 Å². The molecule has 1 amide bonds. The van der Waals surface area contributed by atoms with Gasteiger partial charge in [-0.15, -0.1) is 0 Å². The van der Waals surface area contributed by atoms with Crippen molar-refractivity contribution in [2.45, 2.75) is 53.1 Å². The Labute approximate surface area is 182 Å². The number of aryl methyl sites for hydroxylation is 5. The highest BCUT2D eigenvalue weighted by atomic mass is 16.2. The van der Waals surface area contributed by atoms with E-state index in [1.54, 1.807) is 10.8 Å². The maximum Gasteiger partial charge on any atom is 0.263 e. The van der Waals surface area contributed by atoms with Crippen molar-refractivity contribution in [2.24, 2.45) is 5.41 Å². The lowest BCUT2D eigenvalue weighted by molar-refractivity contribution is 0.0939. The van der Waals surface area contributed by atoms with E-state index in [9.17, 15) is 9.59 Å². The molecule has 6 heteroatoms. The van der Waals surface area contributed by atoms with Gasteiger partial charge in [-0.2, -0.15) is 5.10 Å². The predicted octanol–water partition coefficient (Wildman–Crippen LogP) is 3.42. The average molecular weight is 419 g/mol. The van der Waals surface area contributed by atoms with Crippen LogP contribution in [0, 0.1) is 26.2 Å². The minimum atomic E-state index is -0.281. The number of benzene rings is 1. The summed E-state index contributed by atoms with van der Waals surface area (Å²) in [6, 6.07) is 14.0. The predicted molar refractivity (Wildman–Crippen MR) is 121 cm³/mol. The number of nitrogens with zero attached hydrogens (tertiary/aromatic N) is 3. The van der Waals surface area contributed by atoms with Crippen LogP contribution in [-0.4, -0.2) is 26.8 Å². The SMILES string of the molecule is Cc1cc(C)n(CC2(CNC(=O)c3c(C)ccn(CCc4ccccc4)c3=O)CC2)n1. The number of nitrogens with one attached hydrogen (secondary N) is 1. The summed E-state index contributed by atoms with van der Waals surface area (Å²) in [6.45, 7) is 7.77. The van der Waals surface area contributed by atoms with Gasteiger partial charge in [0.25, 0.3) is 11.5 Å². The molecule has 2 aromatic heterocycles. The summed E-state index contributed by atoms with van der Waals surface area (Å²) >= 11 is 0. The maximum absolute atomic E-state index is 13.0. The molecule has 0 spiro atoms. The van der Waals surface area contributed by atoms with Crippen molar-refractivity contribution in [3.63, 3.8) is 0 Å². The van der Waals surface area contributed by atoms with Crippen molar-refractivity contribution in [2.75, 3.05) is 6.54 Å². The molecule has 0 saturated heterocycles. The lowest BCUT2D eigenvalue weighted by Gasteiger charge is -2.18. The normalized spacial score (nSPS) is 14.4. The Morgan fingerprint density at radius 2 is 1.87 bits per heavy atom. The number of hydrogen-bond donors (Lipinski definition) is 1. The number of hydrogen-bond acceptors (Lipinski definition) is 3. The molecule has 2 heterocycles. The zero-order valence-corrected chi connectivity index (χ0v) is 18.5. The molecule has 1 aliphatic rings. The van der Waals surface area contributed by atoms with Crippen molar-refractivity contribution in [3.05, 3.63) is 87.1 Å². The fourth-order valence-corrected chi connectivity index (χ4v) is 4.09. The Bertz CT molecular complexity index is 1140. The molecule has 0 atom stereocenters. The Kier molecular flexibility index (Phi) is 5.81. The van der Waals surface area contributed by atoms with Gasteiger partial charge in [-0.05, 0) is 63.3 Å². The lowest BCUT2D eigenvalue weighted by Crippen LogP contribution is -2.38. The van der Waals surface area contributed by atoms with Crippen LogP contribution in [0.2, 0.25) is 0 Å². The molecule has 0 unspecified atom stereocenters. The van der Waals surface area contributed by atoms with E-state index in [4.69, 9.17) is 0 Å². The number of rotatable bonds is 8. The van der Waals surface area contributed by atoms with Crippen LogP contribution in [0.15, 0.2) is 53.5 Å². The van der Waals surface area contributed by atoms with Gasteiger partial charge < -0.3 is 9.88 Å². The van der Waals surface area contributed by atoms with Gasteiger partial charge in [-0.3, -0.25) is 14.3 Å². The van der Waals surface area contributed by atoms with E-state index in [-0.39, 0.29) is 22.4 Å². The number of aromatic nitrogens is 3. The summed E-state index contributed by atoms with van der Waals surface area (Å²) in [5, 5.41) is 7.59. The number of amides is 1. The van der Waals surface area contributed by atoms with Crippen LogP contribution < -0.4 is 10.9 Å². The van der Waals surface area contributed by atoms with Crippen molar-refractivity contribution >= 4 is 5.91 Å². The van der Waals surface area contributed by atoms with E-state index in [0.717, 1.165) is 37.2 Å². The molecule has 0 bridgehead atoms. The third-order valence-electron chi connectivity index (χ3n) is 6.25. The van der Waals surface area contributed by atoms with Gasteiger partial charge in [0.05, 0.1) is 5.69 Å². The van der Waals surface area contributed by atoms with Crippen molar-refractivity contribution in [3.8, 4) is 0 Å². The second kappa shape index (κ2) is 8.53. The van der Waals surface area contributed by atoms with E-state index in [0.29, 0.717) is 18.7 Å². The monoisotopic (exact) mass is 418 g/mol. The van der Waals surface area contributed by atoms with Crippen LogP contribution in [-0.2, 0) is 19.5 Å². The quantitative estimate of drug-likeness (QED) is 0.609. The molecule has 3 aromatic rings. The van der Waals surface area contributed by atoms with Gasteiger partial charge in [0, 0.05) is 36.9 Å². The molecule has 1 saturated carbocycles. The Morgan fingerprint density at radius 3 is 2.52 bits per heavy atom. The Morgan fingerprint density at radius 1 is 1.13 bits per heavy atom. The molecule has 1 fully saturated rings. The Hall–Kier alpha value is -3.15. The standard InChI is InChI=1S/C25H30N4O2/c1-18-9-13-28(14-10-21-7-5-4-6-8-21)24(31)22(18)23(30)26-16-25(11-12-25)17-29-20(3)15-19(2)27-29/h4-9,13,15H,10-12,14,16-17H2,1-3H3,(H,26,30). The van der Waals surface area contributed by atoms with Gasteiger partial charge in [0.1, 0.15) is 5.56 Å². The van der Waals surface area contributed by atoms with E-state index >= 15 is 0 Å². The van der Waals surface area contributed by atoms with Crippen LogP contribution in [0.25, 0.3) is 0 Å². The van der Waals surface area contributed by atoms with Crippen LogP contribution in [0.5, 0.6) is 0 Å². The minimum absolute atomic E-state index is 0.0356. The van der Waals surface area contributed by atoms with E-state index < -0.39 is 0 Å². The zero-order chi connectivity index (χ0) is 22.0. The molecule has 6 nitrogen and oxygen atoms in total. The summed E-state index contributed by atoms with van der Waals surface area (Å²) in [6.07, 6.45) is 4.64. The van der Waals surface area contributed by atoms with Crippen molar-refractivity contribution in [1.82, 2.24) is 19.7 Å². The largest absolute Gasteiger partial charge is 0.351 e. The highest BCUT2D eigenvalue weighted by Crippen LogP contribution is 2.46. The molecular formula is C25H30N4O2. The molecular weight excluding hydrogens is 388 g/mol. The third-order valence-corrected chi connectivity index (χ3v) is 6.25. The van der Waals surface area contributed by atoms with Crippen molar-refractivity contribution in [1.29, 1.82) is 0 Å². The van der Waals surface area contributed by atoms with Gasteiger partial charge in [-0.25, -0.2) is 0 Å². The summed E-state index contributed by atoms with van der Waals surface area (Å²) in [5.74, 6) is -0.281. The van der Waals surface area contributed by atoms with Gasteiger partial charge in [0.15, 0.2) is 0 Å². The fourth-order valence-electron chi connectivity index (χ4n) is 4.09. The molecule has 0 radical (unpaired) electrons. The molecule has 0 aliphatic heterocycles. The summed E-state index contributed by atoms with van der Waals surface area (Å²) < 4.78 is 3.66. The minimum Gasteiger partial charge on any atom is -0.351 e. The van der Waals surface area contributed by atoms with Gasteiger partial charge >= 0.3 is 0 Å². The second-order valence-electron chi connectivity index (χ2n) is 8.88. The average Bonchev–Trinajstić information content (AvgIpc) is 3.44. The van der Waals surface area contributed by atoms with E-state index in [2.05, 4.69) is 23.4 Å². The molecule has 162 valence electrons. The highest BCUT2D eigenvalue weighted by Gasteiger charge is 2.43. The first-order chi connectivity index (χ1) is 14.9. The first-order valence-electron chi connectivity index (χ1n) is 10.9. The summed E-state index contributed by atoms with van der Waals surface area (Å²) in [4.78, 5) is 26.0. The highest BCUT2D eigenvalue weighted by molar-refractivity contribution is 5.95.